The molecule has 0 saturated heterocycles. The van der Waals surface area contributed by atoms with Gasteiger partial charge in [0, 0.05) is 5.92 Å². The fourth-order valence-electron chi connectivity index (χ4n) is 2.79. The van der Waals surface area contributed by atoms with E-state index in [9.17, 15) is 0 Å². The van der Waals surface area contributed by atoms with E-state index in [2.05, 4.69) is 22.0 Å². The number of hydrogen-bond acceptors (Lipinski definition) is 6. The zero-order chi connectivity index (χ0) is 13.4. The Morgan fingerprint density at radius 2 is 2.21 bits per heavy atom. The number of nitrogens with two attached hydrogens (primary N) is 1. The van der Waals surface area contributed by atoms with Crippen molar-refractivity contribution in [1.82, 2.24) is 15.1 Å². The van der Waals surface area contributed by atoms with Crippen LogP contribution in [-0.2, 0) is 0 Å². The summed E-state index contributed by atoms with van der Waals surface area (Å²) in [7, 11) is 0. The molecule has 102 valence electrons. The molecule has 2 aromatic heterocycles. The van der Waals surface area contributed by atoms with Gasteiger partial charge in [0.05, 0.1) is 5.69 Å². The maximum atomic E-state index is 5.70. The second kappa shape index (κ2) is 4.92. The summed E-state index contributed by atoms with van der Waals surface area (Å²) in [5, 5.41) is 4.69. The highest BCUT2D eigenvalue weighted by molar-refractivity contribution is 7.18. The van der Waals surface area contributed by atoms with Gasteiger partial charge in [-0.05, 0) is 32.1 Å². The smallest absolute Gasteiger partial charge is 0.270 e. The van der Waals surface area contributed by atoms with E-state index in [4.69, 9.17) is 10.3 Å². The molecule has 5 nitrogen and oxygen atoms in total. The number of aryl methyl sites for hydroxylation is 1. The minimum absolute atomic E-state index is 0.452. The number of hydrogen-bond donors (Lipinski definition) is 1. The molecule has 0 amide bonds. The van der Waals surface area contributed by atoms with Gasteiger partial charge in [0.2, 0.25) is 0 Å². The largest absolute Gasteiger partial charge is 0.375 e. The van der Waals surface area contributed by atoms with E-state index in [-0.39, 0.29) is 0 Å². The molecule has 0 aliphatic heterocycles. The van der Waals surface area contributed by atoms with Crippen LogP contribution in [0.2, 0.25) is 0 Å². The van der Waals surface area contributed by atoms with Gasteiger partial charge < -0.3 is 10.3 Å². The third-order valence-electron chi connectivity index (χ3n) is 3.93. The Labute approximate surface area is 116 Å². The van der Waals surface area contributed by atoms with Crippen LogP contribution < -0.4 is 5.73 Å². The molecule has 3 rings (SSSR count). The molecular weight excluding hydrogens is 260 g/mol. The number of anilines is 1. The Hall–Kier alpha value is -1.43. The molecule has 0 aromatic carbocycles. The highest BCUT2D eigenvalue weighted by Crippen LogP contribution is 2.39. The van der Waals surface area contributed by atoms with Gasteiger partial charge in [0.1, 0.15) is 4.88 Å². The van der Waals surface area contributed by atoms with Crippen molar-refractivity contribution in [3.05, 3.63) is 11.5 Å². The summed E-state index contributed by atoms with van der Waals surface area (Å²) in [6, 6.07) is 0. The molecule has 0 bridgehead atoms. The standard InChI is InChI=1S/C13H18N4OS/c1-3-8-4-5-9(6-8)11-16-12(18-17-11)10-7(2)15-13(14)19-10/h8-9H,3-6H2,1-2H3,(H2,14,15). The van der Waals surface area contributed by atoms with Crippen molar-refractivity contribution < 1.29 is 4.52 Å². The summed E-state index contributed by atoms with van der Waals surface area (Å²) in [5.74, 6) is 2.67. The van der Waals surface area contributed by atoms with E-state index in [1.807, 2.05) is 6.92 Å². The van der Waals surface area contributed by atoms with Gasteiger partial charge in [-0.15, -0.1) is 0 Å². The first-order valence-corrected chi connectivity index (χ1v) is 7.56. The molecule has 0 radical (unpaired) electrons. The Bertz CT molecular complexity index is 577. The highest BCUT2D eigenvalue weighted by Gasteiger charge is 2.29. The van der Waals surface area contributed by atoms with E-state index >= 15 is 0 Å². The van der Waals surface area contributed by atoms with Crippen LogP contribution in [0.3, 0.4) is 0 Å². The van der Waals surface area contributed by atoms with Crippen LogP contribution in [0.1, 0.15) is 50.0 Å². The third-order valence-corrected chi connectivity index (χ3v) is 4.91. The number of aromatic nitrogens is 3. The fourth-order valence-corrected chi connectivity index (χ4v) is 3.54. The molecule has 1 fully saturated rings. The SMILES string of the molecule is CCC1CCC(c2noc(-c3sc(N)nc3C)n2)C1. The summed E-state index contributed by atoms with van der Waals surface area (Å²) >= 11 is 1.40. The lowest BCUT2D eigenvalue weighted by Crippen LogP contribution is -1.97. The van der Waals surface area contributed by atoms with Gasteiger partial charge in [-0.25, -0.2) is 4.98 Å². The van der Waals surface area contributed by atoms with Crippen LogP contribution in [0.15, 0.2) is 4.52 Å². The monoisotopic (exact) mass is 278 g/mol. The maximum Gasteiger partial charge on any atom is 0.270 e. The predicted molar refractivity (Wildman–Crippen MR) is 74.9 cm³/mol. The fraction of sp³-hybridized carbons (Fsp3) is 0.615. The van der Waals surface area contributed by atoms with E-state index < -0.39 is 0 Å². The van der Waals surface area contributed by atoms with Crippen molar-refractivity contribution in [1.29, 1.82) is 0 Å². The van der Waals surface area contributed by atoms with Crippen molar-refractivity contribution in [3.63, 3.8) is 0 Å². The van der Waals surface area contributed by atoms with Crippen LogP contribution in [0.5, 0.6) is 0 Å². The maximum absolute atomic E-state index is 5.70. The molecule has 19 heavy (non-hydrogen) atoms. The van der Waals surface area contributed by atoms with Crippen LogP contribution in [0.4, 0.5) is 5.13 Å². The van der Waals surface area contributed by atoms with Crippen LogP contribution >= 0.6 is 11.3 Å². The van der Waals surface area contributed by atoms with E-state index in [0.717, 1.165) is 22.3 Å². The molecule has 2 heterocycles. The molecule has 0 spiro atoms. The third kappa shape index (κ3) is 2.36. The highest BCUT2D eigenvalue weighted by atomic mass is 32.1. The average Bonchev–Trinajstić information content (AvgIpc) is 3.07. The summed E-state index contributed by atoms with van der Waals surface area (Å²) < 4.78 is 5.38. The minimum atomic E-state index is 0.452. The second-order valence-corrected chi connectivity index (χ2v) is 6.24. The van der Waals surface area contributed by atoms with Crippen molar-refractivity contribution in [2.24, 2.45) is 5.92 Å². The summed E-state index contributed by atoms with van der Waals surface area (Å²) in [4.78, 5) is 9.62. The molecule has 2 unspecified atom stereocenters. The molecule has 6 heteroatoms. The molecule has 1 aliphatic carbocycles. The van der Waals surface area contributed by atoms with E-state index in [0.29, 0.717) is 16.9 Å². The topological polar surface area (TPSA) is 77.8 Å². The van der Waals surface area contributed by atoms with Crippen LogP contribution in [-0.4, -0.2) is 15.1 Å². The van der Waals surface area contributed by atoms with Crippen molar-refractivity contribution in [2.45, 2.75) is 45.4 Å². The van der Waals surface area contributed by atoms with Crippen LogP contribution in [0.25, 0.3) is 10.8 Å². The van der Waals surface area contributed by atoms with Gasteiger partial charge in [0.25, 0.3) is 5.89 Å². The molecular formula is C13H18N4OS. The van der Waals surface area contributed by atoms with Crippen molar-refractivity contribution in [2.75, 3.05) is 5.73 Å². The Kier molecular flexibility index (Phi) is 3.26. The Morgan fingerprint density at radius 1 is 1.37 bits per heavy atom. The Balaban J connectivity index is 1.82. The second-order valence-electron chi connectivity index (χ2n) is 5.21. The van der Waals surface area contributed by atoms with E-state index in [1.165, 1.54) is 37.0 Å². The number of nitrogens with zero attached hydrogens (tertiary/aromatic N) is 3. The van der Waals surface area contributed by atoms with Crippen molar-refractivity contribution in [3.8, 4) is 10.8 Å². The molecule has 2 N–H and O–H groups in total. The molecule has 2 atom stereocenters. The van der Waals surface area contributed by atoms with Gasteiger partial charge in [0.15, 0.2) is 11.0 Å². The first-order valence-electron chi connectivity index (χ1n) is 6.74. The quantitative estimate of drug-likeness (QED) is 0.931. The summed E-state index contributed by atoms with van der Waals surface area (Å²) in [6.07, 6.45) is 4.86. The lowest BCUT2D eigenvalue weighted by atomic mass is 10.0. The zero-order valence-electron chi connectivity index (χ0n) is 11.2. The number of rotatable bonds is 3. The molecule has 1 aliphatic rings. The summed E-state index contributed by atoms with van der Waals surface area (Å²) in [6.45, 7) is 4.16. The van der Waals surface area contributed by atoms with Gasteiger partial charge in [-0.1, -0.05) is 29.8 Å². The van der Waals surface area contributed by atoms with Gasteiger partial charge in [-0.3, -0.25) is 0 Å². The van der Waals surface area contributed by atoms with E-state index in [1.54, 1.807) is 0 Å². The summed E-state index contributed by atoms with van der Waals surface area (Å²) in [5.41, 5.74) is 6.56. The predicted octanol–water partition coefficient (Wildman–Crippen LogP) is 3.38. The van der Waals surface area contributed by atoms with Crippen LogP contribution in [0, 0.1) is 12.8 Å². The minimum Gasteiger partial charge on any atom is -0.375 e. The van der Waals surface area contributed by atoms with Gasteiger partial charge >= 0.3 is 0 Å². The molecule has 2 aromatic rings. The van der Waals surface area contributed by atoms with Crippen molar-refractivity contribution >= 4 is 16.5 Å². The number of thiazole rings is 1. The lowest BCUT2D eigenvalue weighted by molar-refractivity contribution is 0.414. The average molecular weight is 278 g/mol. The first kappa shape index (κ1) is 12.6. The molecule has 1 saturated carbocycles. The number of nitrogen functional groups attached to an aromatic ring is 1. The lowest BCUT2D eigenvalue weighted by Gasteiger charge is -2.04. The first-order chi connectivity index (χ1) is 9.17. The van der Waals surface area contributed by atoms with Gasteiger partial charge in [-0.2, -0.15) is 4.98 Å². The zero-order valence-corrected chi connectivity index (χ0v) is 12.0. The normalized spacial score (nSPS) is 23.1. The Morgan fingerprint density at radius 3 is 2.84 bits per heavy atom.